The minimum Gasteiger partial charge on any atom is -0.494 e. The highest BCUT2D eigenvalue weighted by molar-refractivity contribution is 9.10. The van der Waals surface area contributed by atoms with Gasteiger partial charge < -0.3 is 10.5 Å². The molecule has 0 aromatic heterocycles. The van der Waals surface area contributed by atoms with Crippen molar-refractivity contribution in [1.82, 2.24) is 0 Å². The average Bonchev–Trinajstić information content (AvgIpc) is 2.28. The van der Waals surface area contributed by atoms with Gasteiger partial charge in [0, 0.05) is 10.5 Å². The summed E-state index contributed by atoms with van der Waals surface area (Å²) in [6.45, 7) is 4.99. The molecule has 1 atom stereocenters. The van der Waals surface area contributed by atoms with E-state index in [9.17, 15) is 0 Å². The van der Waals surface area contributed by atoms with Crippen LogP contribution in [0, 0.1) is 0 Å². The summed E-state index contributed by atoms with van der Waals surface area (Å²) in [7, 11) is 0. The van der Waals surface area contributed by atoms with E-state index in [0.29, 0.717) is 0 Å². The van der Waals surface area contributed by atoms with Gasteiger partial charge in [-0.3, -0.25) is 0 Å². The van der Waals surface area contributed by atoms with Crippen LogP contribution in [0.15, 0.2) is 22.7 Å². The smallest absolute Gasteiger partial charge is 0.120 e. The second-order valence-corrected chi connectivity index (χ2v) is 5.24. The molecule has 3 heteroatoms. The first-order chi connectivity index (χ1) is 8.15. The number of benzene rings is 1. The van der Waals surface area contributed by atoms with Gasteiger partial charge in [0.1, 0.15) is 5.75 Å². The van der Waals surface area contributed by atoms with Gasteiger partial charge in [-0.1, -0.05) is 48.2 Å². The fourth-order valence-corrected chi connectivity index (χ4v) is 2.40. The summed E-state index contributed by atoms with van der Waals surface area (Å²) in [5, 5.41) is 0. The van der Waals surface area contributed by atoms with Crippen LogP contribution in [0.3, 0.4) is 0 Å². The molecule has 17 heavy (non-hydrogen) atoms. The first-order valence-corrected chi connectivity index (χ1v) is 7.12. The van der Waals surface area contributed by atoms with E-state index in [0.717, 1.165) is 28.8 Å². The minimum atomic E-state index is 0.0444. The maximum absolute atomic E-state index is 5.85. The van der Waals surface area contributed by atoms with E-state index in [1.807, 2.05) is 25.1 Å². The summed E-state index contributed by atoms with van der Waals surface area (Å²) in [6, 6.07) is 6.06. The Morgan fingerprint density at radius 1 is 1.29 bits per heavy atom. The maximum atomic E-state index is 5.85. The molecule has 0 saturated heterocycles. The molecule has 0 amide bonds. The Morgan fingerprint density at radius 2 is 2.06 bits per heavy atom. The normalized spacial score (nSPS) is 12.5. The highest BCUT2D eigenvalue weighted by Gasteiger charge is 2.05. The van der Waals surface area contributed by atoms with E-state index >= 15 is 0 Å². The van der Waals surface area contributed by atoms with Crippen molar-refractivity contribution in [2.24, 2.45) is 5.73 Å². The molecule has 1 rings (SSSR count). The Morgan fingerprint density at radius 3 is 2.65 bits per heavy atom. The Bertz CT molecular complexity index is 339. The second-order valence-electron chi connectivity index (χ2n) is 4.38. The predicted molar refractivity (Wildman–Crippen MR) is 76.4 cm³/mol. The van der Waals surface area contributed by atoms with Gasteiger partial charge in [0.15, 0.2) is 0 Å². The zero-order valence-electron chi connectivity index (χ0n) is 10.7. The Kier molecular flexibility index (Phi) is 6.60. The third-order valence-electron chi connectivity index (χ3n) is 2.73. The third kappa shape index (κ3) is 5.09. The van der Waals surface area contributed by atoms with E-state index in [-0.39, 0.29) is 6.04 Å². The van der Waals surface area contributed by atoms with Crippen molar-refractivity contribution in [3.05, 3.63) is 28.2 Å². The molecule has 0 saturated carbocycles. The van der Waals surface area contributed by atoms with Gasteiger partial charge in [-0.15, -0.1) is 0 Å². The molecule has 2 nitrogen and oxygen atoms in total. The first-order valence-electron chi connectivity index (χ1n) is 6.33. The quantitative estimate of drug-likeness (QED) is 0.756. The molecule has 0 heterocycles. The maximum Gasteiger partial charge on any atom is 0.120 e. The largest absolute Gasteiger partial charge is 0.494 e. The SMILES string of the molecule is CCCCCCOc1ccc([C@H](C)N)c(Br)c1. The van der Waals surface area contributed by atoms with Crippen LogP contribution < -0.4 is 10.5 Å². The fraction of sp³-hybridized carbons (Fsp3) is 0.571. The minimum absolute atomic E-state index is 0.0444. The molecule has 2 N–H and O–H groups in total. The van der Waals surface area contributed by atoms with E-state index in [4.69, 9.17) is 10.5 Å². The van der Waals surface area contributed by atoms with Crippen LogP contribution in [0.4, 0.5) is 0 Å². The summed E-state index contributed by atoms with van der Waals surface area (Å²) in [4.78, 5) is 0. The van der Waals surface area contributed by atoms with Gasteiger partial charge in [-0.2, -0.15) is 0 Å². The van der Waals surface area contributed by atoms with Gasteiger partial charge in [0.05, 0.1) is 6.61 Å². The molecule has 1 aromatic carbocycles. The zero-order chi connectivity index (χ0) is 12.7. The fourth-order valence-electron chi connectivity index (χ4n) is 1.69. The molecule has 1 aromatic rings. The van der Waals surface area contributed by atoms with Crippen LogP contribution in [-0.4, -0.2) is 6.61 Å². The number of unbranched alkanes of at least 4 members (excludes halogenated alkanes) is 3. The number of rotatable bonds is 7. The van der Waals surface area contributed by atoms with E-state index in [1.54, 1.807) is 0 Å². The van der Waals surface area contributed by atoms with Crippen molar-refractivity contribution in [2.75, 3.05) is 6.61 Å². The van der Waals surface area contributed by atoms with Crippen LogP contribution in [0.5, 0.6) is 5.75 Å². The van der Waals surface area contributed by atoms with E-state index in [2.05, 4.69) is 22.9 Å². The predicted octanol–water partition coefficient (Wildman–Crippen LogP) is 4.43. The lowest BCUT2D eigenvalue weighted by atomic mass is 10.1. The summed E-state index contributed by atoms with van der Waals surface area (Å²) < 4.78 is 6.72. The molecular formula is C14H22BrNO. The van der Waals surface area contributed by atoms with Gasteiger partial charge >= 0.3 is 0 Å². The topological polar surface area (TPSA) is 35.2 Å². The van der Waals surface area contributed by atoms with E-state index in [1.165, 1.54) is 19.3 Å². The van der Waals surface area contributed by atoms with Gasteiger partial charge in [0.2, 0.25) is 0 Å². The number of hydrogen-bond acceptors (Lipinski definition) is 2. The molecule has 0 spiro atoms. The number of nitrogens with two attached hydrogens (primary N) is 1. The average molecular weight is 300 g/mol. The molecular weight excluding hydrogens is 278 g/mol. The molecule has 0 radical (unpaired) electrons. The highest BCUT2D eigenvalue weighted by Crippen LogP contribution is 2.26. The van der Waals surface area contributed by atoms with Crippen molar-refractivity contribution in [3.63, 3.8) is 0 Å². The number of halogens is 1. The molecule has 0 aliphatic carbocycles. The molecule has 96 valence electrons. The molecule has 0 aliphatic heterocycles. The van der Waals surface area contributed by atoms with E-state index < -0.39 is 0 Å². The van der Waals surface area contributed by atoms with Crippen LogP contribution in [0.2, 0.25) is 0 Å². The first kappa shape index (κ1) is 14.5. The lowest BCUT2D eigenvalue weighted by Gasteiger charge is -2.11. The lowest BCUT2D eigenvalue weighted by Crippen LogP contribution is -2.06. The standard InChI is InChI=1S/C14H22BrNO/c1-3-4-5-6-9-17-12-7-8-13(11(2)16)14(15)10-12/h7-8,10-11H,3-6,9,16H2,1-2H3/t11-/m0/s1. The summed E-state index contributed by atoms with van der Waals surface area (Å²) >= 11 is 3.52. The Hall–Kier alpha value is -0.540. The number of ether oxygens (including phenoxy) is 1. The van der Waals surface area contributed by atoms with Crippen molar-refractivity contribution in [2.45, 2.75) is 45.6 Å². The molecule has 0 aliphatic rings. The summed E-state index contributed by atoms with van der Waals surface area (Å²) in [5.74, 6) is 0.915. The monoisotopic (exact) mass is 299 g/mol. The second kappa shape index (κ2) is 7.72. The van der Waals surface area contributed by atoms with Crippen molar-refractivity contribution >= 4 is 15.9 Å². The zero-order valence-corrected chi connectivity index (χ0v) is 12.3. The van der Waals surface area contributed by atoms with Gasteiger partial charge in [-0.05, 0) is 31.0 Å². The van der Waals surface area contributed by atoms with Gasteiger partial charge in [-0.25, -0.2) is 0 Å². The van der Waals surface area contributed by atoms with Crippen LogP contribution in [-0.2, 0) is 0 Å². The lowest BCUT2D eigenvalue weighted by molar-refractivity contribution is 0.305. The molecule has 0 unspecified atom stereocenters. The Balaban J connectivity index is 2.42. The number of hydrogen-bond donors (Lipinski definition) is 1. The third-order valence-corrected chi connectivity index (χ3v) is 3.42. The van der Waals surface area contributed by atoms with Crippen LogP contribution in [0.25, 0.3) is 0 Å². The Labute approximate surface area is 113 Å². The molecule has 0 bridgehead atoms. The van der Waals surface area contributed by atoms with Crippen molar-refractivity contribution in [1.29, 1.82) is 0 Å². The summed E-state index contributed by atoms with van der Waals surface area (Å²) in [5.41, 5.74) is 6.96. The van der Waals surface area contributed by atoms with Crippen molar-refractivity contribution in [3.8, 4) is 5.75 Å². The van der Waals surface area contributed by atoms with Crippen LogP contribution in [0.1, 0.15) is 51.1 Å². The van der Waals surface area contributed by atoms with Crippen molar-refractivity contribution < 1.29 is 4.74 Å². The van der Waals surface area contributed by atoms with Gasteiger partial charge in [0.25, 0.3) is 0 Å². The van der Waals surface area contributed by atoms with Crippen LogP contribution >= 0.6 is 15.9 Å². The summed E-state index contributed by atoms with van der Waals surface area (Å²) in [6.07, 6.45) is 4.92. The molecule has 0 fully saturated rings. The highest BCUT2D eigenvalue weighted by atomic mass is 79.9.